The van der Waals surface area contributed by atoms with Crippen LogP contribution in [0.15, 0.2) is 121 Å². The Bertz CT molecular complexity index is 2910. The highest BCUT2D eigenvalue weighted by Gasteiger charge is 2.32. The van der Waals surface area contributed by atoms with Crippen LogP contribution >= 0.6 is 46.4 Å². The molecule has 0 unspecified atom stereocenters. The second-order valence-electron chi connectivity index (χ2n) is 13.8. The first kappa shape index (κ1) is 43.1. The van der Waals surface area contributed by atoms with Gasteiger partial charge in [0.15, 0.2) is 0 Å². The van der Waals surface area contributed by atoms with Crippen molar-refractivity contribution in [3.05, 3.63) is 169 Å². The molecule has 0 aliphatic heterocycles. The molecule has 0 atom stereocenters. The number of alkyl halides is 3. The molecule has 0 aliphatic rings. The number of benzene rings is 5. The molecule has 2 amide bonds. The number of nitrogens with zero attached hydrogens (tertiary/aromatic N) is 2. The third-order valence-electron chi connectivity index (χ3n) is 9.69. The summed E-state index contributed by atoms with van der Waals surface area (Å²) >= 11 is 25.4. The molecular formula is C46H34Cl4F3N5O3. The summed E-state index contributed by atoms with van der Waals surface area (Å²) in [5.41, 5.74) is 7.26. The molecule has 0 saturated carbocycles. The summed E-state index contributed by atoms with van der Waals surface area (Å²) in [6.45, 7) is 6.41. The van der Waals surface area contributed by atoms with E-state index in [2.05, 4.69) is 20.6 Å². The van der Waals surface area contributed by atoms with Gasteiger partial charge >= 0.3 is 6.18 Å². The van der Waals surface area contributed by atoms with Crippen molar-refractivity contribution >= 4 is 91.4 Å². The fraction of sp³-hybridized carbons (Fsp3) is 0.109. The molecule has 0 saturated heterocycles. The minimum atomic E-state index is -4.54. The molecule has 8 rings (SSSR count). The van der Waals surface area contributed by atoms with Crippen LogP contribution in [-0.2, 0) is 6.18 Å². The highest BCUT2D eigenvalue weighted by atomic mass is 35.5. The Labute approximate surface area is 368 Å². The number of hydrogen-bond donors (Lipinski definition) is 3. The molecule has 0 bridgehead atoms. The fourth-order valence-corrected chi connectivity index (χ4v) is 7.71. The number of anilines is 2. The molecule has 8 aromatic rings. The normalized spacial score (nSPS) is 11.3. The van der Waals surface area contributed by atoms with Crippen molar-refractivity contribution in [2.24, 2.45) is 0 Å². The summed E-state index contributed by atoms with van der Waals surface area (Å²) in [4.78, 5) is 37.8. The third-order valence-corrected chi connectivity index (χ3v) is 11.0. The topological polar surface area (TPSA) is 101 Å². The van der Waals surface area contributed by atoms with E-state index in [4.69, 9.17) is 51.2 Å². The molecule has 3 heterocycles. The predicted molar refractivity (Wildman–Crippen MR) is 239 cm³/mol. The van der Waals surface area contributed by atoms with Crippen LogP contribution in [0.5, 0.6) is 0 Å². The van der Waals surface area contributed by atoms with Gasteiger partial charge in [-0.3, -0.25) is 9.59 Å². The van der Waals surface area contributed by atoms with Gasteiger partial charge < -0.3 is 20.5 Å². The van der Waals surface area contributed by atoms with Crippen molar-refractivity contribution in [1.29, 1.82) is 0 Å². The van der Waals surface area contributed by atoms with Crippen molar-refractivity contribution < 1.29 is 27.6 Å². The first-order chi connectivity index (χ1) is 29.1. The van der Waals surface area contributed by atoms with Gasteiger partial charge in [0, 0.05) is 49.9 Å². The molecular weight excluding hydrogens is 869 g/mol. The van der Waals surface area contributed by atoms with Crippen LogP contribution in [0.1, 0.15) is 44.5 Å². The summed E-state index contributed by atoms with van der Waals surface area (Å²) in [6, 6.07) is 32.7. The number of aromatic nitrogens is 3. The van der Waals surface area contributed by atoms with Crippen LogP contribution in [0.2, 0.25) is 20.1 Å². The Morgan fingerprint density at radius 1 is 0.689 bits per heavy atom. The molecule has 8 nitrogen and oxygen atoms in total. The standard InChI is InChI=1S/C25H22Cl2N2O2.C21H12Cl2F3N3O/c1-4-31-29-22-14-18(25(30)28-19-11-8-15(2)16(3)12-19)10-9-17(22)13-23(29)24-20(26)6-5-7-21(24)27;22-14-2-1-3-15(23)19(14)17-8-11-4-5-12(9-16(11)29-17)20(30)28-13-6-7-18(27-10-13)21(24,25)26/h5-14H,4H2,1-3H3,(H,28,30);1-10,29H,(H,28,30). The number of carbonyl (C=O) groups excluding carboxylic acids is 2. The number of carbonyl (C=O) groups is 2. The van der Waals surface area contributed by atoms with Crippen LogP contribution in [0.3, 0.4) is 0 Å². The predicted octanol–water partition coefficient (Wildman–Crippen LogP) is 13.7. The maximum absolute atomic E-state index is 12.9. The lowest BCUT2D eigenvalue weighted by atomic mass is 10.1. The smallest absolute Gasteiger partial charge is 0.414 e. The van der Waals surface area contributed by atoms with E-state index in [1.807, 2.05) is 63.2 Å². The zero-order valence-corrected chi connectivity index (χ0v) is 35.5. The quantitative estimate of drug-likeness (QED) is 0.141. The molecule has 15 heteroatoms. The van der Waals surface area contributed by atoms with Gasteiger partial charge in [0.2, 0.25) is 0 Å². The zero-order valence-electron chi connectivity index (χ0n) is 32.5. The average molecular weight is 904 g/mol. The summed E-state index contributed by atoms with van der Waals surface area (Å²) in [7, 11) is 0. The van der Waals surface area contributed by atoms with Gasteiger partial charge in [0.25, 0.3) is 11.8 Å². The first-order valence-electron chi connectivity index (χ1n) is 18.6. The molecule has 0 spiro atoms. The van der Waals surface area contributed by atoms with Crippen LogP contribution < -0.4 is 15.5 Å². The molecule has 5 aromatic carbocycles. The van der Waals surface area contributed by atoms with Crippen molar-refractivity contribution in [2.75, 3.05) is 17.2 Å². The number of amides is 2. The highest BCUT2D eigenvalue weighted by molar-refractivity contribution is 6.40. The number of rotatable bonds is 8. The van der Waals surface area contributed by atoms with E-state index in [0.717, 1.165) is 51.6 Å². The van der Waals surface area contributed by atoms with Gasteiger partial charge in [0.1, 0.15) is 12.3 Å². The van der Waals surface area contributed by atoms with Crippen LogP contribution in [0, 0.1) is 13.8 Å². The number of hydrogen-bond acceptors (Lipinski definition) is 4. The Morgan fingerprint density at radius 3 is 1.87 bits per heavy atom. The second kappa shape index (κ2) is 17.9. The van der Waals surface area contributed by atoms with Crippen molar-refractivity contribution in [2.45, 2.75) is 26.9 Å². The first-order valence-corrected chi connectivity index (χ1v) is 20.2. The number of H-pyrrole nitrogens is 1. The number of fused-ring (bicyclic) bond motifs is 2. The minimum absolute atomic E-state index is 0.156. The van der Waals surface area contributed by atoms with Crippen molar-refractivity contribution in [3.63, 3.8) is 0 Å². The van der Waals surface area contributed by atoms with Gasteiger partial charge in [0.05, 0.1) is 43.2 Å². The van der Waals surface area contributed by atoms with Crippen LogP contribution in [-0.4, -0.2) is 33.1 Å². The molecule has 3 aromatic heterocycles. The Kier molecular flexibility index (Phi) is 12.7. The molecule has 310 valence electrons. The van der Waals surface area contributed by atoms with E-state index >= 15 is 0 Å². The van der Waals surface area contributed by atoms with Crippen molar-refractivity contribution in [3.8, 4) is 22.5 Å². The summed E-state index contributed by atoms with van der Waals surface area (Å²) < 4.78 is 39.5. The third kappa shape index (κ3) is 9.50. The van der Waals surface area contributed by atoms with E-state index in [1.54, 1.807) is 65.4 Å². The van der Waals surface area contributed by atoms with Crippen LogP contribution in [0.4, 0.5) is 24.5 Å². The lowest BCUT2D eigenvalue weighted by Crippen LogP contribution is -2.14. The molecule has 3 N–H and O–H groups in total. The number of pyridine rings is 1. The fourth-order valence-electron chi connectivity index (χ4n) is 6.52. The second-order valence-corrected chi connectivity index (χ2v) is 15.5. The average Bonchev–Trinajstić information content (AvgIpc) is 3.80. The Hall–Kier alpha value is -5.98. The van der Waals surface area contributed by atoms with Gasteiger partial charge in [-0.25, -0.2) is 4.98 Å². The molecule has 0 radical (unpaired) electrons. The number of aryl methyl sites for hydroxylation is 2. The minimum Gasteiger partial charge on any atom is -0.414 e. The highest BCUT2D eigenvalue weighted by Crippen LogP contribution is 2.38. The number of aromatic amines is 1. The summed E-state index contributed by atoms with van der Waals surface area (Å²) in [5.74, 6) is -0.669. The molecule has 0 aliphatic carbocycles. The van der Waals surface area contributed by atoms with E-state index < -0.39 is 17.8 Å². The van der Waals surface area contributed by atoms with Gasteiger partial charge in [-0.2, -0.15) is 17.9 Å². The van der Waals surface area contributed by atoms with Gasteiger partial charge in [-0.1, -0.05) is 76.7 Å². The van der Waals surface area contributed by atoms with Gasteiger partial charge in [-0.05, 0) is 117 Å². The lowest BCUT2D eigenvalue weighted by Gasteiger charge is -2.13. The summed E-state index contributed by atoms with van der Waals surface area (Å²) in [6.07, 6.45) is -3.57. The zero-order chi connectivity index (χ0) is 43.6. The monoisotopic (exact) mass is 901 g/mol. The van der Waals surface area contributed by atoms with E-state index in [0.29, 0.717) is 60.2 Å². The maximum atomic E-state index is 12.9. The van der Waals surface area contributed by atoms with E-state index in [9.17, 15) is 22.8 Å². The van der Waals surface area contributed by atoms with Gasteiger partial charge in [-0.15, -0.1) is 0 Å². The SMILES string of the molecule is CCOn1c(-c2c(Cl)cccc2Cl)cc2ccc(C(=O)Nc3ccc(C)c(C)c3)cc21.O=C(Nc1ccc(C(F)(F)F)nc1)c1ccc2cc(-c3c(Cl)cccc3Cl)[nH]c2c1. The number of nitrogens with one attached hydrogen (secondary N) is 3. The Morgan fingerprint density at radius 2 is 1.28 bits per heavy atom. The Balaban J connectivity index is 0.000000184. The maximum Gasteiger partial charge on any atom is 0.433 e. The van der Waals surface area contributed by atoms with Crippen LogP contribution in [0.25, 0.3) is 44.3 Å². The summed E-state index contributed by atoms with van der Waals surface area (Å²) in [5, 5.41) is 9.30. The largest absolute Gasteiger partial charge is 0.433 e. The van der Waals surface area contributed by atoms with E-state index in [1.165, 1.54) is 5.56 Å². The van der Waals surface area contributed by atoms with Crippen molar-refractivity contribution in [1.82, 2.24) is 14.7 Å². The molecule has 0 fully saturated rings. The number of halogens is 7. The lowest BCUT2D eigenvalue weighted by molar-refractivity contribution is -0.141. The van der Waals surface area contributed by atoms with E-state index in [-0.39, 0.29) is 11.6 Å². The molecule has 61 heavy (non-hydrogen) atoms.